The van der Waals surface area contributed by atoms with Gasteiger partial charge in [0.1, 0.15) is 5.82 Å². The molecule has 4 heteroatoms. The van der Waals surface area contributed by atoms with Crippen molar-refractivity contribution in [2.24, 2.45) is 0 Å². The van der Waals surface area contributed by atoms with E-state index < -0.39 is 0 Å². The molecule has 0 saturated heterocycles. The summed E-state index contributed by atoms with van der Waals surface area (Å²) in [6.45, 7) is 1.29. The van der Waals surface area contributed by atoms with Crippen LogP contribution in [-0.2, 0) is 10.2 Å². The lowest BCUT2D eigenvalue weighted by Gasteiger charge is -2.16. The van der Waals surface area contributed by atoms with Gasteiger partial charge in [0.2, 0.25) is 5.91 Å². The maximum atomic E-state index is 13.2. The fraction of sp³-hybridized carbons (Fsp3) is 0.500. The van der Waals surface area contributed by atoms with Crippen LogP contribution in [0.15, 0.2) is 24.3 Å². The van der Waals surface area contributed by atoms with E-state index in [1.54, 1.807) is 12.1 Å². The first-order chi connectivity index (χ1) is 8.66. The molecule has 2 N–H and O–H groups in total. The van der Waals surface area contributed by atoms with E-state index in [1.807, 2.05) is 13.1 Å². The fourth-order valence-corrected chi connectivity index (χ4v) is 2.13. The molecule has 1 aliphatic carbocycles. The second kappa shape index (κ2) is 5.48. The zero-order valence-corrected chi connectivity index (χ0v) is 10.6. The van der Waals surface area contributed by atoms with Gasteiger partial charge >= 0.3 is 0 Å². The number of rotatable bonds is 6. The lowest BCUT2D eigenvalue weighted by molar-refractivity contribution is -0.121. The van der Waals surface area contributed by atoms with Crippen LogP contribution in [-0.4, -0.2) is 26.0 Å². The number of benzene rings is 1. The van der Waals surface area contributed by atoms with Gasteiger partial charge in [0.05, 0.1) is 0 Å². The second-order valence-corrected chi connectivity index (χ2v) is 4.92. The van der Waals surface area contributed by atoms with Gasteiger partial charge in [0.25, 0.3) is 0 Å². The Kier molecular flexibility index (Phi) is 3.97. The van der Waals surface area contributed by atoms with E-state index in [4.69, 9.17) is 0 Å². The Bertz CT molecular complexity index is 430. The maximum absolute atomic E-state index is 13.2. The molecule has 1 aromatic rings. The van der Waals surface area contributed by atoms with Crippen molar-refractivity contribution in [2.75, 3.05) is 20.1 Å². The predicted molar refractivity (Wildman–Crippen MR) is 68.9 cm³/mol. The SMILES string of the molecule is CNCCC(=O)NCC1(c2cccc(F)c2)CC1. The first-order valence-corrected chi connectivity index (χ1v) is 6.34. The van der Waals surface area contributed by atoms with Crippen molar-refractivity contribution in [3.8, 4) is 0 Å². The largest absolute Gasteiger partial charge is 0.355 e. The van der Waals surface area contributed by atoms with Gasteiger partial charge in [-0.2, -0.15) is 0 Å². The van der Waals surface area contributed by atoms with Crippen molar-refractivity contribution in [1.29, 1.82) is 0 Å². The number of amides is 1. The minimum atomic E-state index is -0.208. The number of hydrogen-bond acceptors (Lipinski definition) is 2. The molecule has 0 heterocycles. The van der Waals surface area contributed by atoms with Gasteiger partial charge in [0, 0.05) is 24.9 Å². The minimum Gasteiger partial charge on any atom is -0.355 e. The molecular formula is C14H19FN2O. The first-order valence-electron chi connectivity index (χ1n) is 6.34. The molecule has 18 heavy (non-hydrogen) atoms. The molecule has 3 nitrogen and oxygen atoms in total. The highest BCUT2D eigenvalue weighted by atomic mass is 19.1. The summed E-state index contributed by atoms with van der Waals surface area (Å²) < 4.78 is 13.2. The quantitative estimate of drug-likeness (QED) is 0.805. The second-order valence-electron chi connectivity index (χ2n) is 4.92. The molecule has 98 valence electrons. The van der Waals surface area contributed by atoms with Crippen molar-refractivity contribution in [1.82, 2.24) is 10.6 Å². The lowest BCUT2D eigenvalue weighted by atomic mass is 9.96. The summed E-state index contributed by atoms with van der Waals surface area (Å²) in [4.78, 5) is 11.5. The van der Waals surface area contributed by atoms with Crippen LogP contribution < -0.4 is 10.6 Å². The number of nitrogens with one attached hydrogen (secondary N) is 2. The van der Waals surface area contributed by atoms with Gasteiger partial charge in [0.15, 0.2) is 0 Å². The Balaban J connectivity index is 1.91. The van der Waals surface area contributed by atoms with Crippen molar-refractivity contribution >= 4 is 5.91 Å². The highest BCUT2D eigenvalue weighted by Gasteiger charge is 2.44. The van der Waals surface area contributed by atoms with Gasteiger partial charge < -0.3 is 10.6 Å². The summed E-state index contributed by atoms with van der Waals surface area (Å²) >= 11 is 0. The zero-order chi connectivity index (χ0) is 13.0. The number of carbonyl (C=O) groups excluding carboxylic acids is 1. The molecule has 0 aliphatic heterocycles. The summed E-state index contributed by atoms with van der Waals surface area (Å²) in [6.07, 6.45) is 2.52. The molecule has 0 bridgehead atoms. The standard InChI is InChI=1S/C14H19FN2O/c1-16-8-5-13(18)17-10-14(6-7-14)11-3-2-4-12(15)9-11/h2-4,9,16H,5-8,10H2,1H3,(H,17,18). The summed E-state index contributed by atoms with van der Waals surface area (Å²) in [6, 6.07) is 6.70. The predicted octanol–water partition coefficient (Wildman–Crippen LogP) is 1.58. The third-order valence-electron chi connectivity index (χ3n) is 3.52. The molecule has 0 spiro atoms. The van der Waals surface area contributed by atoms with E-state index >= 15 is 0 Å². The average Bonchev–Trinajstić information content (AvgIpc) is 3.15. The van der Waals surface area contributed by atoms with Crippen LogP contribution in [0, 0.1) is 5.82 Å². The maximum Gasteiger partial charge on any atom is 0.221 e. The molecule has 0 radical (unpaired) electrons. The average molecular weight is 250 g/mol. The van der Waals surface area contributed by atoms with Crippen molar-refractivity contribution in [3.05, 3.63) is 35.6 Å². The summed E-state index contributed by atoms with van der Waals surface area (Å²) in [5.41, 5.74) is 0.966. The van der Waals surface area contributed by atoms with E-state index in [0.29, 0.717) is 19.5 Å². The Labute approximate surface area is 107 Å². The summed E-state index contributed by atoms with van der Waals surface area (Å²) in [7, 11) is 1.82. The van der Waals surface area contributed by atoms with E-state index in [9.17, 15) is 9.18 Å². The van der Waals surface area contributed by atoms with Crippen LogP contribution >= 0.6 is 0 Å². The molecular weight excluding hydrogens is 231 g/mol. The Morgan fingerprint density at radius 3 is 2.83 bits per heavy atom. The van der Waals surface area contributed by atoms with Crippen LogP contribution in [0.3, 0.4) is 0 Å². The molecule has 1 fully saturated rings. The van der Waals surface area contributed by atoms with Gasteiger partial charge in [-0.3, -0.25) is 4.79 Å². The molecule has 1 amide bonds. The van der Waals surface area contributed by atoms with Crippen LogP contribution in [0.2, 0.25) is 0 Å². The van der Waals surface area contributed by atoms with Gasteiger partial charge in [-0.05, 0) is 37.6 Å². The van der Waals surface area contributed by atoms with E-state index in [0.717, 1.165) is 18.4 Å². The Hall–Kier alpha value is -1.42. The van der Waals surface area contributed by atoms with Crippen molar-refractivity contribution in [3.63, 3.8) is 0 Å². The highest BCUT2D eigenvalue weighted by Crippen LogP contribution is 2.47. The topological polar surface area (TPSA) is 41.1 Å². The molecule has 0 unspecified atom stereocenters. The Morgan fingerprint density at radius 1 is 1.44 bits per heavy atom. The van der Waals surface area contributed by atoms with Crippen LogP contribution in [0.25, 0.3) is 0 Å². The van der Waals surface area contributed by atoms with Crippen molar-refractivity contribution in [2.45, 2.75) is 24.7 Å². The molecule has 1 aliphatic rings. The van der Waals surface area contributed by atoms with Gasteiger partial charge in [-0.25, -0.2) is 4.39 Å². The van der Waals surface area contributed by atoms with E-state index in [2.05, 4.69) is 10.6 Å². The Morgan fingerprint density at radius 2 is 2.22 bits per heavy atom. The first kappa shape index (κ1) is 13.0. The van der Waals surface area contributed by atoms with Gasteiger partial charge in [-0.1, -0.05) is 12.1 Å². The van der Waals surface area contributed by atoms with Crippen LogP contribution in [0.5, 0.6) is 0 Å². The number of carbonyl (C=O) groups is 1. The monoisotopic (exact) mass is 250 g/mol. The number of hydrogen-bond donors (Lipinski definition) is 2. The van der Waals surface area contributed by atoms with Crippen molar-refractivity contribution < 1.29 is 9.18 Å². The van der Waals surface area contributed by atoms with Crippen LogP contribution in [0.4, 0.5) is 4.39 Å². The molecule has 2 rings (SSSR count). The van der Waals surface area contributed by atoms with Gasteiger partial charge in [-0.15, -0.1) is 0 Å². The zero-order valence-electron chi connectivity index (χ0n) is 10.6. The normalized spacial score (nSPS) is 16.3. The van der Waals surface area contributed by atoms with E-state index in [1.165, 1.54) is 6.07 Å². The smallest absolute Gasteiger partial charge is 0.221 e. The van der Waals surface area contributed by atoms with Crippen LogP contribution in [0.1, 0.15) is 24.8 Å². The summed E-state index contributed by atoms with van der Waals surface area (Å²) in [5.74, 6) is -0.160. The molecule has 1 aromatic carbocycles. The highest BCUT2D eigenvalue weighted by molar-refractivity contribution is 5.76. The third kappa shape index (κ3) is 3.07. The molecule has 0 aromatic heterocycles. The van der Waals surface area contributed by atoms with E-state index in [-0.39, 0.29) is 17.1 Å². The molecule has 1 saturated carbocycles. The molecule has 0 atom stereocenters. The number of halogens is 1. The lowest BCUT2D eigenvalue weighted by Crippen LogP contribution is -2.33. The fourth-order valence-electron chi connectivity index (χ4n) is 2.13. The summed E-state index contributed by atoms with van der Waals surface area (Å²) in [5, 5.41) is 5.88. The third-order valence-corrected chi connectivity index (χ3v) is 3.52. The minimum absolute atomic E-state index is 0.0304.